The molecule has 11 heavy (non-hydrogen) atoms. The molecule has 0 saturated heterocycles. The number of nitrogens with one attached hydrogen (secondary N) is 1. The van der Waals surface area contributed by atoms with Gasteiger partial charge in [-0.05, 0) is 12.1 Å². The Morgan fingerprint density at radius 1 is 1.36 bits per heavy atom. The number of carbonyl (C=O) groups is 1. The first-order valence-corrected chi connectivity index (χ1v) is 2.92. The second-order valence-corrected chi connectivity index (χ2v) is 1.87. The number of aromatic nitrogens is 1. The second kappa shape index (κ2) is 3.14. The molecule has 0 aliphatic heterocycles. The van der Waals surface area contributed by atoms with Gasteiger partial charge in [0.15, 0.2) is 0 Å². The molecular formula is C6H6F2N2O. The molecule has 3 nitrogen and oxygen atoms in total. The van der Waals surface area contributed by atoms with Crippen LogP contribution in [0.4, 0.5) is 8.78 Å². The lowest BCUT2D eigenvalue weighted by molar-refractivity contribution is -0.127. The molecule has 0 fully saturated rings. The molecule has 0 aromatic carbocycles. The number of hydrogen-bond acceptors (Lipinski definition) is 1. The maximum atomic E-state index is 11.6. The Morgan fingerprint density at radius 2 is 1.91 bits per heavy atom. The highest BCUT2D eigenvalue weighted by Crippen LogP contribution is 1.93. The van der Waals surface area contributed by atoms with Gasteiger partial charge in [0, 0.05) is 12.4 Å². The zero-order chi connectivity index (χ0) is 8.27. The molecule has 0 bridgehead atoms. The molecule has 0 atom stereocenters. The fraction of sp³-hybridized carbons (Fsp3) is 0.167. The molecule has 0 aliphatic rings. The van der Waals surface area contributed by atoms with E-state index in [4.69, 9.17) is 0 Å². The molecule has 0 saturated carbocycles. The van der Waals surface area contributed by atoms with Crippen molar-refractivity contribution in [1.29, 1.82) is 0 Å². The minimum atomic E-state index is -2.97. The molecule has 1 rings (SSSR count). The van der Waals surface area contributed by atoms with E-state index >= 15 is 0 Å². The van der Waals surface area contributed by atoms with E-state index in [1.165, 1.54) is 12.4 Å². The van der Waals surface area contributed by atoms with Crippen molar-refractivity contribution in [2.45, 2.75) is 6.43 Å². The van der Waals surface area contributed by atoms with Crippen LogP contribution >= 0.6 is 0 Å². The fourth-order valence-electron chi connectivity index (χ4n) is 0.585. The van der Waals surface area contributed by atoms with Gasteiger partial charge in [0.1, 0.15) is 0 Å². The Hall–Kier alpha value is -1.39. The van der Waals surface area contributed by atoms with Crippen LogP contribution in [0.5, 0.6) is 0 Å². The Labute approximate surface area is 61.6 Å². The summed E-state index contributed by atoms with van der Waals surface area (Å²) in [5.74, 6) is -1.30. The highest BCUT2D eigenvalue weighted by atomic mass is 19.3. The lowest BCUT2D eigenvalue weighted by atomic mass is 10.7. The number of nitrogens with zero attached hydrogens (tertiary/aromatic N) is 1. The zero-order valence-electron chi connectivity index (χ0n) is 5.50. The standard InChI is InChI=1S/C6H6F2N2O/c7-5(8)6(11)9-10-3-1-2-4-10/h1-5H,(H,9,11). The van der Waals surface area contributed by atoms with Crippen LogP contribution in [0, 0.1) is 0 Å². The van der Waals surface area contributed by atoms with Crippen LogP contribution in [0.1, 0.15) is 0 Å². The van der Waals surface area contributed by atoms with Crippen LogP contribution in [0.3, 0.4) is 0 Å². The summed E-state index contributed by atoms with van der Waals surface area (Å²) in [5, 5.41) is 0. The summed E-state index contributed by atoms with van der Waals surface area (Å²) < 4.78 is 24.4. The zero-order valence-corrected chi connectivity index (χ0v) is 5.50. The minimum absolute atomic E-state index is 1.16. The monoisotopic (exact) mass is 160 g/mol. The molecule has 0 spiro atoms. The van der Waals surface area contributed by atoms with Gasteiger partial charge in [0.05, 0.1) is 0 Å². The van der Waals surface area contributed by atoms with Crippen molar-refractivity contribution in [3.05, 3.63) is 24.5 Å². The molecule has 0 unspecified atom stereocenters. The van der Waals surface area contributed by atoms with Gasteiger partial charge in [-0.15, -0.1) is 0 Å². The Balaban J connectivity index is 2.50. The van der Waals surface area contributed by atoms with Crippen LogP contribution < -0.4 is 5.43 Å². The summed E-state index contributed by atoms with van der Waals surface area (Å²) in [5.41, 5.74) is 1.95. The van der Waals surface area contributed by atoms with Gasteiger partial charge in [-0.2, -0.15) is 8.78 Å². The van der Waals surface area contributed by atoms with Crippen molar-refractivity contribution in [2.24, 2.45) is 0 Å². The number of rotatable bonds is 2. The number of amides is 1. The predicted molar refractivity (Wildman–Crippen MR) is 34.8 cm³/mol. The summed E-state index contributed by atoms with van der Waals surface area (Å²) >= 11 is 0. The summed E-state index contributed by atoms with van der Waals surface area (Å²) in [6, 6.07) is 3.23. The largest absolute Gasteiger partial charge is 0.317 e. The predicted octanol–water partition coefficient (Wildman–Crippen LogP) is 0.823. The number of carbonyl (C=O) groups excluding carboxylic acids is 1. The first-order valence-electron chi connectivity index (χ1n) is 2.92. The van der Waals surface area contributed by atoms with Crippen LogP contribution in [-0.4, -0.2) is 17.0 Å². The molecule has 60 valence electrons. The van der Waals surface area contributed by atoms with E-state index in [1.54, 1.807) is 12.1 Å². The highest BCUT2D eigenvalue weighted by Gasteiger charge is 2.13. The van der Waals surface area contributed by atoms with E-state index in [9.17, 15) is 13.6 Å². The third-order valence-electron chi connectivity index (χ3n) is 1.04. The number of alkyl halides is 2. The van der Waals surface area contributed by atoms with Crippen molar-refractivity contribution in [2.75, 3.05) is 5.43 Å². The van der Waals surface area contributed by atoms with E-state index < -0.39 is 12.3 Å². The first kappa shape index (κ1) is 7.71. The lowest BCUT2D eigenvalue weighted by Crippen LogP contribution is -2.27. The van der Waals surface area contributed by atoms with Gasteiger partial charge in [-0.25, -0.2) is 0 Å². The third-order valence-corrected chi connectivity index (χ3v) is 1.04. The maximum absolute atomic E-state index is 11.6. The van der Waals surface area contributed by atoms with Gasteiger partial charge in [-0.1, -0.05) is 0 Å². The minimum Gasteiger partial charge on any atom is -0.268 e. The molecule has 1 amide bonds. The SMILES string of the molecule is O=C(Nn1cccc1)C(F)F. The van der Waals surface area contributed by atoms with Gasteiger partial charge in [0.25, 0.3) is 0 Å². The maximum Gasteiger partial charge on any atom is 0.317 e. The normalized spacial score (nSPS) is 10.1. The molecule has 1 aromatic heterocycles. The Kier molecular flexibility index (Phi) is 2.20. The summed E-state index contributed by atoms with van der Waals surface area (Å²) in [6.45, 7) is 0. The number of halogens is 2. The molecule has 1 heterocycles. The van der Waals surface area contributed by atoms with E-state index in [-0.39, 0.29) is 0 Å². The van der Waals surface area contributed by atoms with Gasteiger partial charge >= 0.3 is 12.3 Å². The van der Waals surface area contributed by atoms with Crippen LogP contribution in [-0.2, 0) is 4.79 Å². The van der Waals surface area contributed by atoms with Crippen molar-refractivity contribution < 1.29 is 13.6 Å². The van der Waals surface area contributed by atoms with Crippen molar-refractivity contribution in [3.63, 3.8) is 0 Å². The summed E-state index contributed by atoms with van der Waals surface area (Å²) in [4.78, 5) is 10.3. The van der Waals surface area contributed by atoms with Crippen LogP contribution in [0.2, 0.25) is 0 Å². The fourth-order valence-corrected chi connectivity index (χ4v) is 0.585. The average molecular weight is 160 g/mol. The second-order valence-electron chi connectivity index (χ2n) is 1.87. The third kappa shape index (κ3) is 2.03. The molecule has 0 aliphatic carbocycles. The van der Waals surface area contributed by atoms with Crippen molar-refractivity contribution >= 4 is 5.91 Å². The van der Waals surface area contributed by atoms with Crippen LogP contribution in [0.15, 0.2) is 24.5 Å². The topological polar surface area (TPSA) is 34.0 Å². The molecule has 1 aromatic rings. The van der Waals surface area contributed by atoms with E-state index in [0.717, 1.165) is 4.68 Å². The quantitative estimate of drug-likeness (QED) is 0.682. The molecular weight excluding hydrogens is 154 g/mol. The van der Waals surface area contributed by atoms with Crippen molar-refractivity contribution in [1.82, 2.24) is 4.68 Å². The smallest absolute Gasteiger partial charge is 0.268 e. The molecule has 5 heteroatoms. The molecule has 0 radical (unpaired) electrons. The van der Waals surface area contributed by atoms with Crippen LogP contribution in [0.25, 0.3) is 0 Å². The average Bonchev–Trinajstić information content (AvgIpc) is 2.39. The first-order chi connectivity index (χ1) is 5.20. The lowest BCUT2D eigenvalue weighted by Gasteiger charge is -2.03. The van der Waals surface area contributed by atoms with Gasteiger partial charge in [0.2, 0.25) is 0 Å². The van der Waals surface area contributed by atoms with E-state index in [1.807, 2.05) is 5.43 Å². The Bertz CT molecular complexity index is 233. The van der Waals surface area contributed by atoms with E-state index in [2.05, 4.69) is 0 Å². The Morgan fingerprint density at radius 3 is 2.36 bits per heavy atom. The summed E-state index contributed by atoms with van der Waals surface area (Å²) in [7, 11) is 0. The summed E-state index contributed by atoms with van der Waals surface area (Å²) in [6.07, 6.45) is -0.0574. The highest BCUT2D eigenvalue weighted by molar-refractivity contribution is 5.86. The van der Waals surface area contributed by atoms with E-state index in [0.29, 0.717) is 0 Å². The molecule has 1 N–H and O–H groups in total. The van der Waals surface area contributed by atoms with Crippen molar-refractivity contribution in [3.8, 4) is 0 Å². The van der Waals surface area contributed by atoms with Gasteiger partial charge < -0.3 is 0 Å². The number of hydrogen-bond donors (Lipinski definition) is 1. The van der Waals surface area contributed by atoms with Gasteiger partial charge in [-0.3, -0.25) is 14.9 Å².